The van der Waals surface area contributed by atoms with E-state index in [0.29, 0.717) is 17.1 Å². The Hall–Kier alpha value is -1.32. The molecule has 0 aromatic heterocycles. The molecule has 1 amide bonds. The minimum atomic E-state index is -0.151. The van der Waals surface area contributed by atoms with Gasteiger partial charge in [0, 0.05) is 11.0 Å². The van der Waals surface area contributed by atoms with Crippen LogP contribution in [-0.4, -0.2) is 12.5 Å². The van der Waals surface area contributed by atoms with Crippen LogP contribution in [-0.2, 0) is 6.42 Å². The second-order valence-corrected chi connectivity index (χ2v) is 5.44. The van der Waals surface area contributed by atoms with Crippen LogP contribution in [0.25, 0.3) is 0 Å². The highest BCUT2D eigenvalue weighted by Gasteiger charge is 2.10. The number of hydrogen-bond acceptors (Lipinski definition) is 1. The summed E-state index contributed by atoms with van der Waals surface area (Å²) in [5.41, 5.74) is 1.69. The number of nitrogens with one attached hydrogen (secondary N) is 1. The summed E-state index contributed by atoms with van der Waals surface area (Å²) in [5.74, 6) is -0.151. The highest BCUT2D eigenvalue weighted by Crippen LogP contribution is 2.20. The van der Waals surface area contributed by atoms with Crippen molar-refractivity contribution in [2.75, 3.05) is 6.54 Å². The zero-order chi connectivity index (χ0) is 13.7. The number of carbonyl (C=O) groups is 1. The largest absolute Gasteiger partial charge is 0.352 e. The second-order valence-electron chi connectivity index (χ2n) is 4.12. The smallest absolute Gasteiger partial charge is 0.252 e. The molecule has 0 bridgehead atoms. The summed E-state index contributed by atoms with van der Waals surface area (Å²) in [4.78, 5) is 12.0. The van der Waals surface area contributed by atoms with E-state index in [2.05, 4.69) is 21.2 Å². The van der Waals surface area contributed by atoms with E-state index in [0.717, 1.165) is 10.9 Å². The molecule has 0 saturated heterocycles. The average Bonchev–Trinajstić information content (AvgIpc) is 2.42. The van der Waals surface area contributed by atoms with Gasteiger partial charge in [-0.05, 0) is 30.2 Å². The zero-order valence-corrected chi connectivity index (χ0v) is 12.5. The molecule has 19 heavy (non-hydrogen) atoms. The summed E-state index contributed by atoms with van der Waals surface area (Å²) in [6.07, 6.45) is 0.804. The first kappa shape index (κ1) is 14.1. The van der Waals surface area contributed by atoms with Crippen molar-refractivity contribution >= 4 is 33.4 Å². The molecule has 4 heteroatoms. The summed E-state index contributed by atoms with van der Waals surface area (Å²) < 4.78 is 0.838. The Kier molecular flexibility index (Phi) is 5.00. The lowest BCUT2D eigenvalue weighted by atomic mass is 10.1. The van der Waals surface area contributed by atoms with Crippen LogP contribution in [0, 0.1) is 0 Å². The monoisotopic (exact) mass is 337 g/mol. The highest BCUT2D eigenvalue weighted by atomic mass is 79.9. The molecule has 0 aliphatic carbocycles. The molecule has 0 radical (unpaired) electrons. The van der Waals surface area contributed by atoms with Gasteiger partial charge in [0.15, 0.2) is 0 Å². The van der Waals surface area contributed by atoms with Crippen LogP contribution in [0.15, 0.2) is 53.0 Å². The van der Waals surface area contributed by atoms with Crippen LogP contribution in [0.4, 0.5) is 0 Å². The predicted octanol–water partition coefficient (Wildman–Crippen LogP) is 4.08. The molecule has 0 unspecified atom stereocenters. The van der Waals surface area contributed by atoms with Gasteiger partial charge in [-0.2, -0.15) is 0 Å². The fourth-order valence-electron chi connectivity index (χ4n) is 1.73. The minimum absolute atomic E-state index is 0.151. The van der Waals surface area contributed by atoms with Gasteiger partial charge in [0.1, 0.15) is 0 Å². The first-order valence-electron chi connectivity index (χ1n) is 5.94. The lowest BCUT2D eigenvalue weighted by Crippen LogP contribution is -2.25. The van der Waals surface area contributed by atoms with E-state index in [1.165, 1.54) is 5.56 Å². The summed E-state index contributed by atoms with van der Waals surface area (Å²) in [7, 11) is 0. The predicted molar refractivity (Wildman–Crippen MR) is 81.6 cm³/mol. The molecule has 0 heterocycles. The normalized spacial score (nSPS) is 10.2. The maximum absolute atomic E-state index is 12.0. The zero-order valence-electron chi connectivity index (χ0n) is 10.2. The molecule has 2 aromatic rings. The van der Waals surface area contributed by atoms with Gasteiger partial charge in [-0.1, -0.05) is 57.9 Å². The number of carbonyl (C=O) groups excluding carboxylic acids is 1. The minimum Gasteiger partial charge on any atom is -0.352 e. The third kappa shape index (κ3) is 4.08. The fraction of sp³-hybridized carbons (Fsp3) is 0.133. The van der Waals surface area contributed by atoms with Gasteiger partial charge in [-0.25, -0.2) is 0 Å². The topological polar surface area (TPSA) is 29.1 Å². The summed E-state index contributed by atoms with van der Waals surface area (Å²) in [6.45, 7) is 0.589. The van der Waals surface area contributed by atoms with Gasteiger partial charge in [0.25, 0.3) is 5.91 Å². The Morgan fingerprint density at radius 2 is 1.89 bits per heavy atom. The molecule has 0 fully saturated rings. The van der Waals surface area contributed by atoms with Crippen LogP contribution in [0.2, 0.25) is 5.02 Å². The Bertz CT molecular complexity index is 572. The van der Waals surface area contributed by atoms with E-state index in [4.69, 9.17) is 11.6 Å². The standard InChI is InChI=1S/C15H13BrClNO/c16-12-6-7-14(17)13(10-12)15(19)18-9-8-11-4-2-1-3-5-11/h1-7,10H,8-9H2,(H,18,19). The molecule has 1 N–H and O–H groups in total. The molecule has 98 valence electrons. The Morgan fingerprint density at radius 3 is 2.63 bits per heavy atom. The van der Waals surface area contributed by atoms with E-state index in [1.807, 2.05) is 36.4 Å². The van der Waals surface area contributed by atoms with Gasteiger partial charge >= 0.3 is 0 Å². The van der Waals surface area contributed by atoms with Crippen molar-refractivity contribution in [1.29, 1.82) is 0 Å². The number of benzene rings is 2. The van der Waals surface area contributed by atoms with E-state index in [-0.39, 0.29) is 5.91 Å². The van der Waals surface area contributed by atoms with Crippen molar-refractivity contribution in [3.8, 4) is 0 Å². The van der Waals surface area contributed by atoms with Crippen LogP contribution < -0.4 is 5.32 Å². The first-order valence-corrected chi connectivity index (χ1v) is 7.11. The van der Waals surface area contributed by atoms with Crippen molar-refractivity contribution in [3.05, 3.63) is 69.2 Å². The molecule has 2 aromatic carbocycles. The van der Waals surface area contributed by atoms with E-state index in [9.17, 15) is 4.79 Å². The van der Waals surface area contributed by atoms with Crippen molar-refractivity contribution in [3.63, 3.8) is 0 Å². The Labute approximate surface area is 125 Å². The van der Waals surface area contributed by atoms with Gasteiger partial charge < -0.3 is 5.32 Å². The molecule has 0 aliphatic heterocycles. The van der Waals surface area contributed by atoms with Crippen molar-refractivity contribution in [2.45, 2.75) is 6.42 Å². The van der Waals surface area contributed by atoms with Crippen molar-refractivity contribution in [1.82, 2.24) is 5.32 Å². The Balaban J connectivity index is 1.93. The number of rotatable bonds is 4. The van der Waals surface area contributed by atoms with Crippen LogP contribution >= 0.6 is 27.5 Å². The number of amides is 1. The molecule has 2 nitrogen and oxygen atoms in total. The summed E-state index contributed by atoms with van der Waals surface area (Å²) >= 11 is 9.34. The first-order chi connectivity index (χ1) is 9.16. The fourth-order valence-corrected chi connectivity index (χ4v) is 2.30. The molecule has 0 atom stereocenters. The van der Waals surface area contributed by atoms with Crippen LogP contribution in [0.1, 0.15) is 15.9 Å². The second kappa shape index (κ2) is 6.73. The molecule has 0 saturated carbocycles. The molecule has 0 spiro atoms. The molecular formula is C15H13BrClNO. The van der Waals surface area contributed by atoms with Gasteiger partial charge in [-0.3, -0.25) is 4.79 Å². The number of halogens is 2. The quantitative estimate of drug-likeness (QED) is 0.894. The summed E-state index contributed by atoms with van der Waals surface area (Å²) in [6, 6.07) is 15.3. The average molecular weight is 339 g/mol. The Morgan fingerprint density at radius 1 is 1.16 bits per heavy atom. The van der Waals surface area contributed by atoms with E-state index in [1.54, 1.807) is 12.1 Å². The third-order valence-electron chi connectivity index (χ3n) is 2.72. The van der Waals surface area contributed by atoms with Crippen molar-refractivity contribution in [2.24, 2.45) is 0 Å². The SMILES string of the molecule is O=C(NCCc1ccccc1)c1cc(Br)ccc1Cl. The van der Waals surface area contributed by atoms with E-state index < -0.39 is 0 Å². The lowest BCUT2D eigenvalue weighted by Gasteiger charge is -2.07. The van der Waals surface area contributed by atoms with Crippen LogP contribution in [0.5, 0.6) is 0 Å². The molecule has 0 aliphatic rings. The molecular weight excluding hydrogens is 326 g/mol. The number of hydrogen-bond donors (Lipinski definition) is 1. The maximum Gasteiger partial charge on any atom is 0.252 e. The maximum atomic E-state index is 12.0. The van der Waals surface area contributed by atoms with Crippen molar-refractivity contribution < 1.29 is 4.79 Å². The van der Waals surface area contributed by atoms with Gasteiger partial charge in [-0.15, -0.1) is 0 Å². The summed E-state index contributed by atoms with van der Waals surface area (Å²) in [5, 5.41) is 3.33. The van der Waals surface area contributed by atoms with Gasteiger partial charge in [0.2, 0.25) is 0 Å². The van der Waals surface area contributed by atoms with Gasteiger partial charge in [0.05, 0.1) is 10.6 Å². The molecule has 2 rings (SSSR count). The lowest BCUT2D eigenvalue weighted by molar-refractivity contribution is 0.0954. The van der Waals surface area contributed by atoms with Crippen LogP contribution in [0.3, 0.4) is 0 Å². The highest BCUT2D eigenvalue weighted by molar-refractivity contribution is 9.10. The van der Waals surface area contributed by atoms with E-state index >= 15 is 0 Å². The third-order valence-corrected chi connectivity index (χ3v) is 3.54.